The van der Waals surface area contributed by atoms with E-state index in [0.717, 1.165) is 13.0 Å². The first-order valence-corrected chi connectivity index (χ1v) is 6.48. The van der Waals surface area contributed by atoms with Gasteiger partial charge in [-0.25, -0.2) is 4.98 Å². The van der Waals surface area contributed by atoms with E-state index in [1.807, 2.05) is 12.1 Å². The first kappa shape index (κ1) is 14.0. The van der Waals surface area contributed by atoms with Crippen LogP contribution in [-0.4, -0.2) is 16.5 Å². The minimum Gasteiger partial charge on any atom is -0.370 e. The molecule has 0 bridgehead atoms. The lowest BCUT2D eigenvalue weighted by Crippen LogP contribution is -2.08. The standard InChI is InChI=1S/C15H17N3O2/c1-11-5-3-4-6-13(11)9-10-16-15-8-7-14(18(19)20)12(2)17-15/h3-8H,9-10H2,1-2H3,(H,16,17). The van der Waals surface area contributed by atoms with Gasteiger partial charge in [0.05, 0.1) is 4.92 Å². The SMILES string of the molecule is Cc1ccccc1CCNc1ccc([N+](=O)[O-])c(C)n1. The lowest BCUT2D eigenvalue weighted by atomic mass is 10.1. The highest BCUT2D eigenvalue weighted by atomic mass is 16.6. The second-order valence-corrected chi connectivity index (χ2v) is 4.66. The number of nitrogens with one attached hydrogen (secondary N) is 1. The minimum absolute atomic E-state index is 0.0504. The van der Waals surface area contributed by atoms with E-state index in [4.69, 9.17) is 0 Å². The summed E-state index contributed by atoms with van der Waals surface area (Å²) in [6.07, 6.45) is 0.893. The molecule has 1 heterocycles. The average molecular weight is 271 g/mol. The van der Waals surface area contributed by atoms with Gasteiger partial charge in [-0.05, 0) is 37.5 Å². The van der Waals surface area contributed by atoms with Crippen molar-refractivity contribution in [1.29, 1.82) is 0 Å². The molecule has 5 heteroatoms. The summed E-state index contributed by atoms with van der Waals surface area (Å²) in [5.41, 5.74) is 3.03. The van der Waals surface area contributed by atoms with Crippen molar-refractivity contribution >= 4 is 11.5 Å². The van der Waals surface area contributed by atoms with Crippen LogP contribution < -0.4 is 5.32 Å². The number of hydrogen-bond acceptors (Lipinski definition) is 4. The molecule has 1 aromatic carbocycles. The van der Waals surface area contributed by atoms with Crippen LogP contribution in [-0.2, 0) is 6.42 Å². The fraction of sp³-hybridized carbons (Fsp3) is 0.267. The Morgan fingerprint density at radius 3 is 2.60 bits per heavy atom. The first-order valence-electron chi connectivity index (χ1n) is 6.48. The Labute approximate surface area is 117 Å². The van der Waals surface area contributed by atoms with Gasteiger partial charge in [-0.2, -0.15) is 0 Å². The largest absolute Gasteiger partial charge is 0.370 e. The highest BCUT2D eigenvalue weighted by molar-refractivity contribution is 5.45. The molecule has 0 unspecified atom stereocenters. The van der Waals surface area contributed by atoms with E-state index in [9.17, 15) is 10.1 Å². The minimum atomic E-state index is -0.417. The molecule has 1 aromatic heterocycles. The zero-order valence-electron chi connectivity index (χ0n) is 11.6. The van der Waals surface area contributed by atoms with Gasteiger partial charge < -0.3 is 5.32 Å². The van der Waals surface area contributed by atoms with Crippen molar-refractivity contribution in [3.63, 3.8) is 0 Å². The van der Waals surface area contributed by atoms with Crippen molar-refractivity contribution in [3.05, 3.63) is 63.3 Å². The quantitative estimate of drug-likeness (QED) is 0.669. The van der Waals surface area contributed by atoms with Crippen molar-refractivity contribution in [1.82, 2.24) is 4.98 Å². The summed E-state index contributed by atoms with van der Waals surface area (Å²) in [5.74, 6) is 0.668. The van der Waals surface area contributed by atoms with Crippen molar-refractivity contribution in [2.24, 2.45) is 0 Å². The van der Waals surface area contributed by atoms with E-state index in [1.165, 1.54) is 17.2 Å². The van der Waals surface area contributed by atoms with Crippen LogP contribution in [0.4, 0.5) is 11.5 Å². The highest BCUT2D eigenvalue weighted by Gasteiger charge is 2.11. The molecular weight excluding hydrogens is 254 g/mol. The maximum Gasteiger partial charge on any atom is 0.290 e. The molecular formula is C15H17N3O2. The number of pyridine rings is 1. The fourth-order valence-electron chi connectivity index (χ4n) is 2.06. The van der Waals surface area contributed by atoms with Crippen LogP contribution in [0.5, 0.6) is 0 Å². The molecule has 0 radical (unpaired) electrons. The van der Waals surface area contributed by atoms with Crippen LogP contribution >= 0.6 is 0 Å². The molecule has 104 valence electrons. The number of nitrogens with zero attached hydrogens (tertiary/aromatic N) is 2. The predicted molar refractivity (Wildman–Crippen MR) is 79.0 cm³/mol. The van der Waals surface area contributed by atoms with E-state index in [0.29, 0.717) is 11.5 Å². The average Bonchev–Trinajstić information content (AvgIpc) is 2.40. The van der Waals surface area contributed by atoms with Gasteiger partial charge in [0.25, 0.3) is 5.69 Å². The molecule has 0 aliphatic rings. The third-order valence-corrected chi connectivity index (χ3v) is 3.22. The zero-order chi connectivity index (χ0) is 14.5. The lowest BCUT2D eigenvalue weighted by molar-refractivity contribution is -0.385. The number of aromatic nitrogens is 1. The Balaban J connectivity index is 1.97. The summed E-state index contributed by atoms with van der Waals surface area (Å²) < 4.78 is 0. The summed E-state index contributed by atoms with van der Waals surface area (Å²) >= 11 is 0. The normalized spacial score (nSPS) is 10.3. The first-order chi connectivity index (χ1) is 9.58. The Morgan fingerprint density at radius 1 is 1.20 bits per heavy atom. The van der Waals surface area contributed by atoms with Gasteiger partial charge >= 0.3 is 0 Å². The molecule has 2 rings (SSSR count). The van der Waals surface area contributed by atoms with E-state index in [-0.39, 0.29) is 5.69 Å². The Bertz CT molecular complexity index is 626. The van der Waals surface area contributed by atoms with Crippen molar-refractivity contribution in [3.8, 4) is 0 Å². The molecule has 5 nitrogen and oxygen atoms in total. The van der Waals surface area contributed by atoms with Gasteiger partial charge in [0, 0.05) is 12.6 Å². The van der Waals surface area contributed by atoms with E-state index >= 15 is 0 Å². The number of benzene rings is 1. The molecule has 20 heavy (non-hydrogen) atoms. The summed E-state index contributed by atoms with van der Waals surface area (Å²) in [6, 6.07) is 11.4. The summed E-state index contributed by atoms with van der Waals surface area (Å²) in [7, 11) is 0. The van der Waals surface area contributed by atoms with Crippen LogP contribution in [0.2, 0.25) is 0 Å². The Kier molecular flexibility index (Phi) is 4.30. The molecule has 0 atom stereocenters. The second kappa shape index (κ2) is 6.14. The molecule has 2 aromatic rings. The fourth-order valence-corrected chi connectivity index (χ4v) is 2.06. The smallest absolute Gasteiger partial charge is 0.290 e. The Hall–Kier alpha value is -2.43. The topological polar surface area (TPSA) is 68.1 Å². The van der Waals surface area contributed by atoms with Crippen molar-refractivity contribution < 1.29 is 4.92 Å². The second-order valence-electron chi connectivity index (χ2n) is 4.66. The third kappa shape index (κ3) is 3.32. The van der Waals surface area contributed by atoms with Gasteiger partial charge in [0.2, 0.25) is 0 Å². The summed E-state index contributed by atoms with van der Waals surface area (Å²) in [4.78, 5) is 14.5. The molecule has 0 spiro atoms. The highest BCUT2D eigenvalue weighted by Crippen LogP contribution is 2.17. The molecule has 0 amide bonds. The number of hydrogen-bond donors (Lipinski definition) is 1. The van der Waals surface area contributed by atoms with E-state index in [2.05, 4.69) is 29.4 Å². The van der Waals surface area contributed by atoms with Gasteiger partial charge in [-0.3, -0.25) is 10.1 Å². The Morgan fingerprint density at radius 2 is 1.95 bits per heavy atom. The van der Waals surface area contributed by atoms with Crippen molar-refractivity contribution in [2.45, 2.75) is 20.3 Å². The van der Waals surface area contributed by atoms with Crippen LogP contribution in [0, 0.1) is 24.0 Å². The third-order valence-electron chi connectivity index (χ3n) is 3.22. The van der Waals surface area contributed by atoms with Gasteiger partial charge in [-0.1, -0.05) is 24.3 Å². The number of rotatable bonds is 5. The molecule has 0 aliphatic heterocycles. The van der Waals surface area contributed by atoms with Gasteiger partial charge in [0.1, 0.15) is 11.5 Å². The maximum absolute atomic E-state index is 10.7. The van der Waals surface area contributed by atoms with E-state index < -0.39 is 4.92 Å². The van der Waals surface area contributed by atoms with Crippen molar-refractivity contribution in [2.75, 3.05) is 11.9 Å². The molecule has 0 fully saturated rings. The van der Waals surface area contributed by atoms with Crippen LogP contribution in [0.15, 0.2) is 36.4 Å². The van der Waals surface area contributed by atoms with Gasteiger partial charge in [-0.15, -0.1) is 0 Å². The maximum atomic E-state index is 10.7. The zero-order valence-corrected chi connectivity index (χ0v) is 11.6. The number of anilines is 1. The molecule has 0 saturated carbocycles. The summed E-state index contributed by atoms with van der Waals surface area (Å²) in [6.45, 7) is 4.48. The molecule has 0 aliphatic carbocycles. The van der Waals surface area contributed by atoms with Crippen LogP contribution in [0.25, 0.3) is 0 Å². The predicted octanol–water partition coefficient (Wildman–Crippen LogP) is 3.26. The lowest BCUT2D eigenvalue weighted by Gasteiger charge is -2.08. The monoisotopic (exact) mass is 271 g/mol. The molecule has 1 N–H and O–H groups in total. The van der Waals surface area contributed by atoms with Gasteiger partial charge in [0.15, 0.2) is 0 Å². The van der Waals surface area contributed by atoms with E-state index in [1.54, 1.807) is 13.0 Å². The summed E-state index contributed by atoms with van der Waals surface area (Å²) in [5, 5.41) is 13.9. The van der Waals surface area contributed by atoms with Crippen LogP contribution in [0.1, 0.15) is 16.8 Å². The number of aryl methyl sites for hydroxylation is 2. The molecule has 0 saturated heterocycles. The van der Waals surface area contributed by atoms with Crippen LogP contribution in [0.3, 0.4) is 0 Å². The number of nitro groups is 1.